The van der Waals surface area contributed by atoms with Crippen LogP contribution in [0.2, 0.25) is 0 Å². The minimum absolute atomic E-state index is 0.223. The number of nitriles is 1. The average molecular weight is 508 g/mol. The monoisotopic (exact) mass is 507 g/mol. The van der Waals surface area contributed by atoms with Crippen molar-refractivity contribution in [3.8, 4) is 17.3 Å². The van der Waals surface area contributed by atoms with E-state index in [4.69, 9.17) is 0 Å². The van der Waals surface area contributed by atoms with Gasteiger partial charge in [-0.15, -0.1) is 0 Å². The van der Waals surface area contributed by atoms with E-state index in [1.165, 1.54) is 28.8 Å². The smallest absolute Gasteiger partial charge is 0.348 e. The predicted octanol–water partition coefficient (Wildman–Crippen LogP) is 4.20. The Morgan fingerprint density at radius 3 is 2.63 bits per heavy atom. The number of aromatic amines is 1. The van der Waals surface area contributed by atoms with Crippen LogP contribution in [0.1, 0.15) is 40.0 Å². The number of halogens is 1. The van der Waals surface area contributed by atoms with Crippen LogP contribution in [0, 0.1) is 17.1 Å². The predicted molar refractivity (Wildman–Crippen MR) is 140 cm³/mol. The van der Waals surface area contributed by atoms with Crippen molar-refractivity contribution >= 4 is 17.4 Å². The largest absolute Gasteiger partial charge is 0.365 e. The van der Waals surface area contributed by atoms with Crippen LogP contribution >= 0.6 is 0 Å². The van der Waals surface area contributed by atoms with E-state index in [0.29, 0.717) is 23.7 Å². The molecule has 0 saturated heterocycles. The van der Waals surface area contributed by atoms with Gasteiger partial charge in [-0.25, -0.2) is 23.7 Å². The van der Waals surface area contributed by atoms with Crippen LogP contribution in [0.4, 0.5) is 10.2 Å². The number of hydrogen-bond acceptors (Lipinski definition) is 6. The van der Waals surface area contributed by atoms with Crippen LogP contribution in [-0.2, 0) is 6.54 Å². The number of hydrogen-bond donors (Lipinski definition) is 3. The van der Waals surface area contributed by atoms with Crippen LogP contribution in [0.3, 0.4) is 0 Å². The van der Waals surface area contributed by atoms with Crippen LogP contribution in [-0.4, -0.2) is 25.5 Å². The summed E-state index contributed by atoms with van der Waals surface area (Å²) in [4.78, 5) is 29.5. The maximum Gasteiger partial charge on any atom is 0.348 e. The Morgan fingerprint density at radius 1 is 1.13 bits per heavy atom. The fraction of sp³-hybridized carbons (Fsp3) is 0.107. The summed E-state index contributed by atoms with van der Waals surface area (Å²) in [6.07, 6.45) is 1.40. The molecule has 0 bridgehead atoms. The highest BCUT2D eigenvalue weighted by molar-refractivity contribution is 5.99. The maximum absolute atomic E-state index is 13.3. The quantitative estimate of drug-likeness (QED) is 0.303. The first-order chi connectivity index (χ1) is 18.4. The van der Waals surface area contributed by atoms with Gasteiger partial charge in [0.15, 0.2) is 5.65 Å². The first-order valence-corrected chi connectivity index (χ1v) is 11.8. The lowest BCUT2D eigenvalue weighted by Gasteiger charge is -2.16. The Kier molecular flexibility index (Phi) is 6.65. The molecule has 188 valence electrons. The number of nitrogens with one attached hydrogen (secondary N) is 3. The zero-order chi connectivity index (χ0) is 26.6. The molecule has 3 aromatic heterocycles. The molecule has 0 saturated carbocycles. The third-order valence-electron chi connectivity index (χ3n) is 6.13. The van der Waals surface area contributed by atoms with Crippen molar-refractivity contribution in [3.63, 3.8) is 0 Å². The van der Waals surface area contributed by atoms with Gasteiger partial charge >= 0.3 is 5.69 Å². The third-order valence-corrected chi connectivity index (χ3v) is 6.13. The van der Waals surface area contributed by atoms with Gasteiger partial charge in [-0.1, -0.05) is 42.5 Å². The summed E-state index contributed by atoms with van der Waals surface area (Å²) >= 11 is 0. The Morgan fingerprint density at radius 2 is 1.89 bits per heavy atom. The van der Waals surface area contributed by atoms with E-state index in [9.17, 15) is 19.2 Å². The Hall–Kier alpha value is -5.30. The number of carbonyl (C=O) groups is 1. The average Bonchev–Trinajstić information content (AvgIpc) is 3.33. The van der Waals surface area contributed by atoms with Gasteiger partial charge in [0, 0.05) is 12.7 Å². The second-order valence-corrected chi connectivity index (χ2v) is 8.66. The molecule has 0 aliphatic heterocycles. The summed E-state index contributed by atoms with van der Waals surface area (Å²) in [7, 11) is 0. The minimum atomic E-state index is -0.414. The lowest BCUT2D eigenvalue weighted by Crippen LogP contribution is -2.28. The molecule has 10 heteroatoms. The van der Waals surface area contributed by atoms with Crippen molar-refractivity contribution in [1.82, 2.24) is 24.9 Å². The maximum atomic E-state index is 13.3. The van der Waals surface area contributed by atoms with E-state index in [1.807, 2.05) is 42.5 Å². The number of aromatic nitrogens is 4. The Bertz CT molecular complexity index is 1720. The van der Waals surface area contributed by atoms with Crippen LogP contribution < -0.4 is 16.3 Å². The highest BCUT2D eigenvalue weighted by atomic mass is 19.1. The summed E-state index contributed by atoms with van der Waals surface area (Å²) < 4.78 is 14.8. The highest BCUT2D eigenvalue weighted by Gasteiger charge is 2.17. The fourth-order valence-corrected chi connectivity index (χ4v) is 4.11. The van der Waals surface area contributed by atoms with E-state index in [-0.39, 0.29) is 28.7 Å². The summed E-state index contributed by atoms with van der Waals surface area (Å²) in [5.74, 6) is -0.445. The van der Waals surface area contributed by atoms with Crippen molar-refractivity contribution in [3.05, 3.63) is 118 Å². The number of anilines is 1. The van der Waals surface area contributed by atoms with Crippen molar-refractivity contribution < 1.29 is 9.18 Å². The highest BCUT2D eigenvalue weighted by Crippen LogP contribution is 2.22. The van der Waals surface area contributed by atoms with Gasteiger partial charge in [-0.3, -0.25) is 4.79 Å². The molecular weight excluding hydrogens is 485 g/mol. The number of amides is 1. The lowest BCUT2D eigenvalue weighted by molar-refractivity contribution is 0.0940. The molecular formula is C28H22FN7O2. The van der Waals surface area contributed by atoms with Crippen molar-refractivity contribution in [1.29, 1.82) is 5.26 Å². The fourth-order valence-electron chi connectivity index (χ4n) is 4.11. The van der Waals surface area contributed by atoms with Crippen molar-refractivity contribution in [2.75, 3.05) is 5.32 Å². The first kappa shape index (κ1) is 24.4. The number of carbonyl (C=O) groups excluding carboxylic acids is 1. The van der Waals surface area contributed by atoms with Crippen molar-refractivity contribution in [2.24, 2.45) is 0 Å². The Balaban J connectivity index is 1.33. The normalized spacial score (nSPS) is 11.6. The second-order valence-electron chi connectivity index (χ2n) is 8.66. The molecule has 0 radical (unpaired) electrons. The van der Waals surface area contributed by atoms with Gasteiger partial charge in [-0.2, -0.15) is 10.4 Å². The van der Waals surface area contributed by atoms with E-state index >= 15 is 0 Å². The number of pyridine rings is 2. The van der Waals surface area contributed by atoms with Crippen LogP contribution in [0.15, 0.2) is 83.8 Å². The molecule has 0 unspecified atom stereocenters. The second kappa shape index (κ2) is 10.4. The molecule has 0 fully saturated rings. The minimum Gasteiger partial charge on any atom is -0.365 e. The van der Waals surface area contributed by atoms with Gasteiger partial charge in [0.25, 0.3) is 5.91 Å². The molecule has 3 N–H and O–H groups in total. The van der Waals surface area contributed by atoms with E-state index in [0.717, 1.165) is 16.7 Å². The molecule has 0 spiro atoms. The number of nitrogens with zero attached hydrogens (tertiary/aromatic N) is 4. The topological polar surface area (TPSA) is 128 Å². The molecule has 2 aromatic carbocycles. The van der Waals surface area contributed by atoms with Crippen LogP contribution in [0.25, 0.3) is 16.9 Å². The summed E-state index contributed by atoms with van der Waals surface area (Å²) in [5, 5.41) is 21.8. The van der Waals surface area contributed by atoms with Gasteiger partial charge < -0.3 is 10.6 Å². The van der Waals surface area contributed by atoms with E-state index in [1.54, 1.807) is 25.1 Å². The Labute approximate surface area is 216 Å². The van der Waals surface area contributed by atoms with E-state index in [2.05, 4.69) is 25.8 Å². The zero-order valence-corrected chi connectivity index (χ0v) is 20.3. The first-order valence-electron chi connectivity index (χ1n) is 11.8. The molecule has 9 nitrogen and oxygen atoms in total. The SMILES string of the molecule is C[C@H](NC(=O)c1cc(C#N)cnc1NCc1ccc(-c2cccc3n[nH]c(=O)n23)cc1)c1ccc(F)cc1. The van der Waals surface area contributed by atoms with Crippen LogP contribution in [0.5, 0.6) is 0 Å². The van der Waals surface area contributed by atoms with Gasteiger partial charge in [0.05, 0.1) is 22.9 Å². The number of fused-ring (bicyclic) bond motifs is 1. The molecule has 1 atom stereocenters. The van der Waals surface area contributed by atoms with Gasteiger partial charge in [0.2, 0.25) is 0 Å². The number of benzene rings is 2. The molecule has 3 heterocycles. The summed E-state index contributed by atoms with van der Waals surface area (Å²) in [6, 6.07) is 22.0. The molecule has 0 aliphatic rings. The van der Waals surface area contributed by atoms with Gasteiger partial charge in [0.1, 0.15) is 17.7 Å². The van der Waals surface area contributed by atoms with Gasteiger partial charge in [-0.05, 0) is 53.9 Å². The number of rotatable bonds is 7. The number of H-pyrrole nitrogens is 1. The standard InChI is InChI=1S/C28H22FN7O2/c1-17(20-9-11-22(29)12-10-20)33-27(37)23-13-19(14-30)16-32-26(23)31-15-18-5-7-21(8-6-18)24-3-2-4-25-34-35-28(38)36(24)25/h2-13,16-17H,15H2,1H3,(H,31,32)(H,33,37)(H,35,38)/t17-/m0/s1. The lowest BCUT2D eigenvalue weighted by atomic mass is 10.1. The zero-order valence-electron chi connectivity index (χ0n) is 20.3. The molecule has 5 aromatic rings. The summed E-state index contributed by atoms with van der Waals surface area (Å²) in [6.45, 7) is 2.16. The van der Waals surface area contributed by atoms with E-state index < -0.39 is 5.91 Å². The molecule has 5 rings (SSSR count). The van der Waals surface area contributed by atoms with Crippen molar-refractivity contribution in [2.45, 2.75) is 19.5 Å². The third kappa shape index (κ3) is 4.99. The molecule has 38 heavy (non-hydrogen) atoms. The molecule has 0 aliphatic carbocycles. The summed E-state index contributed by atoms with van der Waals surface area (Å²) in [5.41, 5.74) is 3.91. The molecule has 1 amide bonds.